The Kier molecular flexibility index (Phi) is 6.29. The normalized spacial score (nSPS) is 13.0. The first kappa shape index (κ1) is 19.3. The first-order valence-electron chi connectivity index (χ1n) is 7.94. The van der Waals surface area contributed by atoms with Gasteiger partial charge in [-0.15, -0.1) is 0 Å². The van der Waals surface area contributed by atoms with Crippen molar-refractivity contribution in [1.29, 1.82) is 0 Å². The highest BCUT2D eigenvalue weighted by Crippen LogP contribution is 2.35. The molecule has 138 valence electrons. The van der Waals surface area contributed by atoms with Crippen molar-refractivity contribution >= 4 is 50.7 Å². The lowest BCUT2D eigenvalue weighted by Crippen LogP contribution is -2.30. The van der Waals surface area contributed by atoms with Crippen molar-refractivity contribution in [2.45, 2.75) is 6.54 Å². The molecule has 3 rings (SSSR count). The van der Waals surface area contributed by atoms with Crippen molar-refractivity contribution in [3.63, 3.8) is 0 Å². The summed E-state index contributed by atoms with van der Waals surface area (Å²) < 4.78 is 12.1. The van der Waals surface area contributed by atoms with Crippen LogP contribution in [-0.4, -0.2) is 37.6 Å². The molecule has 26 heavy (non-hydrogen) atoms. The van der Waals surface area contributed by atoms with Gasteiger partial charge in [0.2, 0.25) is 5.91 Å². The highest BCUT2D eigenvalue weighted by atomic mass is 79.9. The summed E-state index contributed by atoms with van der Waals surface area (Å²) in [6, 6.07) is 8.82. The van der Waals surface area contributed by atoms with Gasteiger partial charge in [0.25, 0.3) is 0 Å². The van der Waals surface area contributed by atoms with Crippen LogP contribution in [0.1, 0.15) is 5.56 Å². The van der Waals surface area contributed by atoms with Crippen molar-refractivity contribution in [2.75, 3.05) is 32.1 Å². The van der Waals surface area contributed by atoms with Crippen LogP contribution in [0.4, 0.5) is 5.69 Å². The van der Waals surface area contributed by atoms with Gasteiger partial charge in [-0.25, -0.2) is 0 Å². The number of carbonyl (C=O) groups is 1. The molecule has 8 heteroatoms. The maximum absolute atomic E-state index is 12.2. The van der Waals surface area contributed by atoms with Crippen LogP contribution >= 0.6 is 39.1 Å². The lowest BCUT2D eigenvalue weighted by molar-refractivity contribution is -0.117. The van der Waals surface area contributed by atoms with Crippen molar-refractivity contribution in [2.24, 2.45) is 0 Å². The van der Waals surface area contributed by atoms with Gasteiger partial charge in [-0.1, -0.05) is 39.1 Å². The smallest absolute Gasteiger partial charge is 0.238 e. The zero-order valence-corrected chi connectivity index (χ0v) is 17.1. The third-order valence-corrected chi connectivity index (χ3v) is 5.25. The number of anilines is 1. The van der Waals surface area contributed by atoms with E-state index in [1.165, 1.54) is 0 Å². The number of halogens is 3. The molecule has 1 aliphatic heterocycles. The van der Waals surface area contributed by atoms with Gasteiger partial charge in [0.05, 0.1) is 16.6 Å². The molecule has 1 heterocycles. The summed E-state index contributed by atoms with van der Waals surface area (Å²) in [7, 11) is 1.87. The number of ether oxygens (including phenoxy) is 2. The molecule has 0 saturated heterocycles. The Bertz CT molecular complexity index is 832. The number of hydrogen-bond acceptors (Lipinski definition) is 4. The number of nitrogens with one attached hydrogen (secondary N) is 1. The number of benzene rings is 2. The van der Waals surface area contributed by atoms with Crippen LogP contribution in [0.3, 0.4) is 0 Å². The van der Waals surface area contributed by atoms with Gasteiger partial charge < -0.3 is 14.8 Å². The fraction of sp³-hybridized carbons (Fsp3) is 0.278. The fourth-order valence-corrected chi connectivity index (χ4v) is 3.34. The zero-order valence-electron chi connectivity index (χ0n) is 14.0. The molecule has 0 fully saturated rings. The van der Waals surface area contributed by atoms with Gasteiger partial charge in [0.1, 0.15) is 13.2 Å². The maximum Gasteiger partial charge on any atom is 0.238 e. The minimum Gasteiger partial charge on any atom is -0.486 e. The molecular formula is C18H17BrCl2N2O3. The molecule has 1 aliphatic rings. The molecule has 0 spiro atoms. The van der Waals surface area contributed by atoms with Gasteiger partial charge in [-0.2, -0.15) is 0 Å². The Morgan fingerprint density at radius 3 is 2.54 bits per heavy atom. The second kappa shape index (κ2) is 8.48. The Labute approximate surface area is 170 Å². The van der Waals surface area contributed by atoms with E-state index in [1.807, 2.05) is 24.1 Å². The number of fused-ring (bicyclic) bond motifs is 1. The minimum absolute atomic E-state index is 0.139. The van der Waals surface area contributed by atoms with Gasteiger partial charge in [0, 0.05) is 16.7 Å². The highest BCUT2D eigenvalue weighted by Gasteiger charge is 2.16. The molecule has 0 bridgehead atoms. The van der Waals surface area contributed by atoms with E-state index in [1.54, 1.807) is 18.2 Å². The van der Waals surface area contributed by atoms with Crippen LogP contribution in [0.5, 0.6) is 11.5 Å². The van der Waals surface area contributed by atoms with Crippen LogP contribution in [-0.2, 0) is 11.3 Å². The summed E-state index contributed by atoms with van der Waals surface area (Å²) >= 11 is 15.4. The third-order valence-electron chi connectivity index (χ3n) is 3.77. The summed E-state index contributed by atoms with van der Waals surface area (Å²) in [5.74, 6) is 1.31. The molecule has 5 nitrogen and oxygen atoms in total. The van der Waals surface area contributed by atoms with Crippen LogP contribution in [0.25, 0.3) is 0 Å². The first-order chi connectivity index (χ1) is 12.4. The lowest BCUT2D eigenvalue weighted by Gasteiger charge is -2.22. The molecule has 2 aromatic carbocycles. The monoisotopic (exact) mass is 458 g/mol. The van der Waals surface area contributed by atoms with E-state index in [9.17, 15) is 4.79 Å². The largest absolute Gasteiger partial charge is 0.486 e. The zero-order chi connectivity index (χ0) is 18.7. The van der Waals surface area contributed by atoms with E-state index in [0.717, 1.165) is 21.5 Å². The second-order valence-electron chi connectivity index (χ2n) is 5.94. The van der Waals surface area contributed by atoms with Crippen molar-refractivity contribution in [1.82, 2.24) is 4.90 Å². The molecule has 0 unspecified atom stereocenters. The van der Waals surface area contributed by atoms with Crippen molar-refractivity contribution in [3.8, 4) is 11.5 Å². The standard InChI is InChI=1S/C18H17BrCl2N2O3/c1-23(10-18(24)22-12-2-3-14(20)15(21)7-12)9-11-6-16-17(8-13(11)19)26-5-4-25-16/h2-3,6-8H,4-5,9-10H2,1H3,(H,22,24). The fourth-order valence-electron chi connectivity index (χ4n) is 2.59. The molecule has 1 N–H and O–H groups in total. The van der Waals surface area contributed by atoms with Gasteiger partial charge in [0.15, 0.2) is 11.5 Å². The van der Waals surface area contributed by atoms with Crippen LogP contribution in [0.2, 0.25) is 10.0 Å². The summed E-state index contributed by atoms with van der Waals surface area (Å²) in [4.78, 5) is 14.1. The molecule has 0 saturated carbocycles. The van der Waals surface area contributed by atoms with E-state index in [4.69, 9.17) is 32.7 Å². The number of hydrogen-bond donors (Lipinski definition) is 1. The lowest BCUT2D eigenvalue weighted by atomic mass is 10.2. The second-order valence-corrected chi connectivity index (χ2v) is 7.61. The van der Waals surface area contributed by atoms with Gasteiger partial charge >= 0.3 is 0 Å². The average molecular weight is 460 g/mol. The molecule has 0 aromatic heterocycles. The molecule has 1 amide bonds. The predicted molar refractivity (Wildman–Crippen MR) is 107 cm³/mol. The van der Waals surface area contributed by atoms with Crippen LogP contribution < -0.4 is 14.8 Å². The SMILES string of the molecule is CN(CC(=O)Nc1ccc(Cl)c(Cl)c1)Cc1cc2c(cc1Br)OCCO2. The van der Waals surface area contributed by atoms with Crippen molar-refractivity contribution < 1.29 is 14.3 Å². The maximum atomic E-state index is 12.2. The number of carbonyl (C=O) groups excluding carboxylic acids is 1. The van der Waals surface area contributed by atoms with E-state index in [-0.39, 0.29) is 12.5 Å². The van der Waals surface area contributed by atoms with Gasteiger partial charge in [-0.05, 0) is 42.9 Å². The number of nitrogens with zero attached hydrogens (tertiary/aromatic N) is 1. The quantitative estimate of drug-likeness (QED) is 0.709. The molecule has 0 aliphatic carbocycles. The summed E-state index contributed by atoms with van der Waals surface area (Å²) in [5.41, 5.74) is 1.62. The Morgan fingerprint density at radius 2 is 1.85 bits per heavy atom. The molecule has 0 radical (unpaired) electrons. The van der Waals surface area contributed by atoms with Crippen LogP contribution in [0.15, 0.2) is 34.8 Å². The van der Waals surface area contributed by atoms with E-state index in [0.29, 0.717) is 35.5 Å². The molecular weight excluding hydrogens is 443 g/mol. The van der Waals surface area contributed by atoms with E-state index < -0.39 is 0 Å². The number of likely N-dealkylation sites (N-methyl/N-ethyl adjacent to an activating group) is 1. The molecule has 0 atom stereocenters. The third kappa shape index (κ3) is 4.82. The summed E-state index contributed by atoms with van der Waals surface area (Å²) in [6.45, 7) is 1.89. The van der Waals surface area contributed by atoms with Gasteiger partial charge in [-0.3, -0.25) is 9.69 Å². The highest BCUT2D eigenvalue weighted by molar-refractivity contribution is 9.10. The summed E-state index contributed by atoms with van der Waals surface area (Å²) in [6.07, 6.45) is 0. The predicted octanol–water partition coefficient (Wildman–Crippen LogP) is 4.60. The Balaban J connectivity index is 1.60. The van der Waals surface area contributed by atoms with E-state index in [2.05, 4.69) is 21.2 Å². The topological polar surface area (TPSA) is 50.8 Å². The van der Waals surface area contributed by atoms with Crippen molar-refractivity contribution in [3.05, 3.63) is 50.4 Å². The Hall–Kier alpha value is -1.47. The van der Waals surface area contributed by atoms with Crippen LogP contribution in [0, 0.1) is 0 Å². The summed E-state index contributed by atoms with van der Waals surface area (Å²) in [5, 5.41) is 3.66. The Morgan fingerprint density at radius 1 is 1.15 bits per heavy atom. The number of rotatable bonds is 5. The average Bonchev–Trinajstić information content (AvgIpc) is 2.58. The number of amides is 1. The molecule has 2 aromatic rings. The minimum atomic E-state index is -0.139. The van der Waals surface area contributed by atoms with E-state index >= 15 is 0 Å². The first-order valence-corrected chi connectivity index (χ1v) is 9.49.